The maximum Gasteiger partial charge on any atom is 0.187 e. The standard InChI is InChI=1S/C19H19Cl2NO2/c1-22(2)12-14-10-13(5-9-19(14)24-3)4-8-18(23)16-7-6-15(20)11-17(16)21/h4-11H,12H2,1-3H3/b8-4+. The van der Waals surface area contributed by atoms with Crippen molar-refractivity contribution in [2.75, 3.05) is 21.2 Å². The zero-order valence-corrected chi connectivity index (χ0v) is 15.4. The summed E-state index contributed by atoms with van der Waals surface area (Å²) in [4.78, 5) is 14.3. The molecule has 24 heavy (non-hydrogen) atoms. The van der Waals surface area contributed by atoms with Crippen molar-refractivity contribution in [3.8, 4) is 5.75 Å². The van der Waals surface area contributed by atoms with E-state index in [1.54, 1.807) is 31.4 Å². The van der Waals surface area contributed by atoms with E-state index >= 15 is 0 Å². The summed E-state index contributed by atoms with van der Waals surface area (Å²) in [6.07, 6.45) is 3.28. The highest BCUT2D eigenvalue weighted by Crippen LogP contribution is 2.24. The maximum atomic E-state index is 12.3. The van der Waals surface area contributed by atoms with Crippen LogP contribution in [0.1, 0.15) is 21.5 Å². The second-order valence-corrected chi connectivity index (χ2v) is 6.47. The summed E-state index contributed by atoms with van der Waals surface area (Å²) in [6.45, 7) is 0.752. The van der Waals surface area contributed by atoms with E-state index in [4.69, 9.17) is 27.9 Å². The van der Waals surface area contributed by atoms with Gasteiger partial charge in [0.1, 0.15) is 5.75 Å². The van der Waals surface area contributed by atoms with Crippen molar-refractivity contribution >= 4 is 35.1 Å². The van der Waals surface area contributed by atoms with Gasteiger partial charge in [0.25, 0.3) is 0 Å². The molecule has 0 heterocycles. The van der Waals surface area contributed by atoms with Crippen molar-refractivity contribution < 1.29 is 9.53 Å². The molecule has 126 valence electrons. The molecule has 0 unspecified atom stereocenters. The number of hydrogen-bond acceptors (Lipinski definition) is 3. The predicted molar refractivity (Wildman–Crippen MR) is 100 cm³/mol. The topological polar surface area (TPSA) is 29.5 Å². The summed E-state index contributed by atoms with van der Waals surface area (Å²) in [5.74, 6) is 0.662. The fourth-order valence-electron chi connectivity index (χ4n) is 2.32. The van der Waals surface area contributed by atoms with Crippen LogP contribution in [0, 0.1) is 0 Å². The van der Waals surface area contributed by atoms with Crippen LogP contribution in [0.2, 0.25) is 10.0 Å². The Labute approximate surface area is 152 Å². The van der Waals surface area contributed by atoms with Gasteiger partial charge in [-0.2, -0.15) is 0 Å². The maximum absolute atomic E-state index is 12.3. The third kappa shape index (κ3) is 4.84. The Bertz CT molecular complexity index is 770. The predicted octanol–water partition coefficient (Wildman–Crippen LogP) is 4.96. The van der Waals surface area contributed by atoms with Crippen LogP contribution in [0.25, 0.3) is 6.08 Å². The second-order valence-electron chi connectivity index (χ2n) is 5.63. The average molecular weight is 364 g/mol. The Balaban J connectivity index is 2.23. The third-order valence-corrected chi connectivity index (χ3v) is 3.96. The van der Waals surface area contributed by atoms with Crippen LogP contribution in [0.5, 0.6) is 5.75 Å². The van der Waals surface area contributed by atoms with Crippen LogP contribution < -0.4 is 4.74 Å². The Hall–Kier alpha value is -1.81. The van der Waals surface area contributed by atoms with Gasteiger partial charge in [0.2, 0.25) is 0 Å². The Morgan fingerprint density at radius 1 is 1.17 bits per heavy atom. The van der Waals surface area contributed by atoms with E-state index in [0.717, 1.165) is 23.4 Å². The van der Waals surface area contributed by atoms with E-state index in [2.05, 4.69) is 4.90 Å². The van der Waals surface area contributed by atoms with Crippen molar-refractivity contribution in [2.24, 2.45) is 0 Å². The van der Waals surface area contributed by atoms with E-state index in [9.17, 15) is 4.79 Å². The number of ether oxygens (including phenoxy) is 1. The minimum atomic E-state index is -0.165. The van der Waals surface area contributed by atoms with E-state index in [-0.39, 0.29) is 5.78 Å². The normalized spacial score (nSPS) is 11.2. The Morgan fingerprint density at radius 2 is 1.92 bits per heavy atom. The van der Waals surface area contributed by atoms with Crippen LogP contribution in [-0.4, -0.2) is 31.9 Å². The molecule has 2 aromatic carbocycles. The molecule has 3 nitrogen and oxygen atoms in total. The quantitative estimate of drug-likeness (QED) is 0.536. The molecule has 0 amide bonds. The van der Waals surface area contributed by atoms with Crippen LogP contribution in [-0.2, 0) is 6.54 Å². The van der Waals surface area contributed by atoms with Crippen LogP contribution >= 0.6 is 23.2 Å². The molecule has 5 heteroatoms. The minimum absolute atomic E-state index is 0.165. The molecule has 0 aliphatic carbocycles. The lowest BCUT2D eigenvalue weighted by atomic mass is 10.1. The van der Waals surface area contributed by atoms with Gasteiger partial charge in [-0.1, -0.05) is 35.3 Å². The molecule has 0 aliphatic rings. The highest BCUT2D eigenvalue weighted by molar-refractivity contribution is 6.37. The number of nitrogens with zero attached hydrogens (tertiary/aromatic N) is 1. The Kier molecular flexibility index (Phi) is 6.44. The third-order valence-electron chi connectivity index (χ3n) is 3.41. The summed E-state index contributed by atoms with van der Waals surface area (Å²) in [6, 6.07) is 10.7. The molecule has 2 rings (SSSR count). The zero-order chi connectivity index (χ0) is 17.7. The van der Waals surface area contributed by atoms with Gasteiger partial charge in [0.15, 0.2) is 5.78 Å². The molecular weight excluding hydrogens is 345 g/mol. The number of carbonyl (C=O) groups is 1. The first-order chi connectivity index (χ1) is 11.4. The molecule has 0 spiro atoms. The molecule has 0 saturated carbocycles. The Morgan fingerprint density at radius 3 is 2.54 bits per heavy atom. The van der Waals surface area contributed by atoms with Gasteiger partial charge >= 0.3 is 0 Å². The summed E-state index contributed by atoms with van der Waals surface area (Å²) < 4.78 is 5.38. The van der Waals surface area contributed by atoms with Gasteiger partial charge < -0.3 is 9.64 Å². The van der Waals surface area contributed by atoms with E-state index in [0.29, 0.717) is 15.6 Å². The number of halogens is 2. The monoisotopic (exact) mass is 363 g/mol. The number of benzene rings is 2. The number of hydrogen-bond donors (Lipinski definition) is 0. The van der Waals surface area contributed by atoms with E-state index in [1.165, 1.54) is 6.08 Å². The highest BCUT2D eigenvalue weighted by Gasteiger charge is 2.08. The fraction of sp³-hybridized carbons (Fsp3) is 0.211. The van der Waals surface area contributed by atoms with Gasteiger partial charge in [-0.15, -0.1) is 0 Å². The lowest BCUT2D eigenvalue weighted by Gasteiger charge is -2.14. The number of ketones is 1. The molecule has 0 N–H and O–H groups in total. The van der Waals surface area contributed by atoms with E-state index in [1.807, 2.05) is 32.3 Å². The van der Waals surface area contributed by atoms with Crippen LogP contribution in [0.3, 0.4) is 0 Å². The smallest absolute Gasteiger partial charge is 0.187 e. The minimum Gasteiger partial charge on any atom is -0.496 e. The van der Waals surface area contributed by atoms with E-state index < -0.39 is 0 Å². The molecular formula is C19H19Cl2NO2. The molecule has 0 bridgehead atoms. The SMILES string of the molecule is COc1ccc(/C=C/C(=O)c2ccc(Cl)cc2Cl)cc1CN(C)C. The highest BCUT2D eigenvalue weighted by atomic mass is 35.5. The zero-order valence-electron chi connectivity index (χ0n) is 13.8. The summed E-state index contributed by atoms with van der Waals surface area (Å²) >= 11 is 11.9. The first-order valence-corrected chi connectivity index (χ1v) is 8.15. The van der Waals surface area contributed by atoms with Crippen molar-refractivity contribution in [3.63, 3.8) is 0 Å². The molecule has 0 fully saturated rings. The number of rotatable bonds is 6. The second kappa shape index (κ2) is 8.34. The van der Waals surface area contributed by atoms with Crippen molar-refractivity contribution in [3.05, 3.63) is 69.2 Å². The van der Waals surface area contributed by atoms with Gasteiger partial charge in [-0.25, -0.2) is 0 Å². The van der Waals surface area contributed by atoms with Crippen LogP contribution in [0.4, 0.5) is 0 Å². The van der Waals surface area contributed by atoms with Crippen molar-refractivity contribution in [2.45, 2.75) is 6.54 Å². The molecule has 0 aliphatic heterocycles. The van der Waals surface area contributed by atoms with Crippen molar-refractivity contribution in [1.82, 2.24) is 4.90 Å². The van der Waals surface area contributed by atoms with Gasteiger partial charge in [0, 0.05) is 22.7 Å². The molecule has 0 aromatic heterocycles. The number of allylic oxidation sites excluding steroid dienone is 1. The summed E-state index contributed by atoms with van der Waals surface area (Å²) in [5, 5.41) is 0.851. The summed E-state index contributed by atoms with van der Waals surface area (Å²) in [7, 11) is 5.64. The molecule has 0 saturated heterocycles. The molecule has 0 atom stereocenters. The average Bonchev–Trinajstić information content (AvgIpc) is 2.52. The van der Waals surface area contributed by atoms with Crippen molar-refractivity contribution in [1.29, 1.82) is 0 Å². The number of carbonyl (C=O) groups excluding carboxylic acids is 1. The first-order valence-electron chi connectivity index (χ1n) is 7.40. The fourth-order valence-corrected chi connectivity index (χ4v) is 2.82. The molecule has 0 radical (unpaired) electrons. The van der Waals surface area contributed by atoms with Gasteiger partial charge in [-0.05, 0) is 56.1 Å². The lowest BCUT2D eigenvalue weighted by Crippen LogP contribution is -2.11. The lowest BCUT2D eigenvalue weighted by molar-refractivity contribution is 0.104. The first kappa shape index (κ1) is 18.5. The largest absolute Gasteiger partial charge is 0.496 e. The van der Waals surface area contributed by atoms with Gasteiger partial charge in [0.05, 0.1) is 12.1 Å². The summed E-state index contributed by atoms with van der Waals surface area (Å²) in [5.41, 5.74) is 2.41. The molecule has 2 aromatic rings. The van der Waals surface area contributed by atoms with Crippen LogP contribution in [0.15, 0.2) is 42.5 Å². The van der Waals surface area contributed by atoms with Gasteiger partial charge in [-0.3, -0.25) is 4.79 Å². The number of methoxy groups -OCH3 is 1.